The summed E-state index contributed by atoms with van der Waals surface area (Å²) in [5, 5.41) is 0.616. The quantitative estimate of drug-likeness (QED) is 0.679. The van der Waals surface area contributed by atoms with Gasteiger partial charge in [-0.1, -0.05) is 36.4 Å². The van der Waals surface area contributed by atoms with E-state index >= 15 is 0 Å². The van der Waals surface area contributed by atoms with Crippen molar-refractivity contribution in [2.75, 3.05) is 6.73 Å². The van der Waals surface area contributed by atoms with Gasteiger partial charge < -0.3 is 4.74 Å². The van der Waals surface area contributed by atoms with Crippen molar-refractivity contribution in [3.63, 3.8) is 0 Å². The van der Waals surface area contributed by atoms with Gasteiger partial charge in [0.2, 0.25) is 0 Å². The molecule has 128 valence electrons. The van der Waals surface area contributed by atoms with Gasteiger partial charge >= 0.3 is 6.18 Å². The summed E-state index contributed by atoms with van der Waals surface area (Å²) in [4.78, 5) is 5.86. The van der Waals surface area contributed by atoms with Crippen LogP contribution in [0.4, 0.5) is 13.2 Å². The number of fused-ring (bicyclic) bond motifs is 3. The van der Waals surface area contributed by atoms with Crippen molar-refractivity contribution >= 4 is 10.9 Å². The summed E-state index contributed by atoms with van der Waals surface area (Å²) in [6, 6.07) is 15.9. The molecule has 0 aliphatic carbocycles. The van der Waals surface area contributed by atoms with E-state index in [2.05, 4.69) is 22.0 Å². The van der Waals surface area contributed by atoms with E-state index in [4.69, 9.17) is 4.74 Å². The highest BCUT2D eigenvalue weighted by molar-refractivity contribution is 5.87. The molecule has 3 aromatic rings. The predicted molar refractivity (Wildman–Crippen MR) is 87.9 cm³/mol. The molecule has 0 saturated carbocycles. The Morgan fingerprint density at radius 1 is 1.00 bits per heavy atom. The molecule has 0 spiro atoms. The molecular weight excluding hydrogens is 329 g/mol. The van der Waals surface area contributed by atoms with E-state index < -0.39 is 11.9 Å². The minimum Gasteiger partial charge on any atom is -0.477 e. The Morgan fingerprint density at radius 2 is 1.80 bits per heavy atom. The molecule has 1 aromatic heterocycles. The van der Waals surface area contributed by atoms with E-state index in [0.29, 0.717) is 29.9 Å². The predicted octanol–water partition coefficient (Wildman–Crippen LogP) is 4.61. The van der Waals surface area contributed by atoms with E-state index in [1.54, 1.807) is 12.1 Å². The van der Waals surface area contributed by atoms with Gasteiger partial charge in [0.15, 0.2) is 0 Å². The maximum absolute atomic E-state index is 12.8. The summed E-state index contributed by atoms with van der Waals surface area (Å²) in [6.07, 6.45) is -4.45. The van der Waals surface area contributed by atoms with Gasteiger partial charge in [-0.3, -0.25) is 4.90 Å². The summed E-state index contributed by atoms with van der Waals surface area (Å²) in [5.74, 6) is 0.628. The van der Waals surface area contributed by atoms with Crippen LogP contribution in [-0.2, 0) is 19.3 Å². The first kappa shape index (κ1) is 15.9. The fourth-order valence-electron chi connectivity index (χ4n) is 3.06. The topological polar surface area (TPSA) is 25.4 Å². The Bertz CT molecular complexity index is 910. The maximum atomic E-state index is 12.8. The number of halogens is 3. The van der Waals surface area contributed by atoms with Gasteiger partial charge in [-0.25, -0.2) is 4.98 Å². The smallest absolute Gasteiger partial charge is 0.433 e. The zero-order chi connectivity index (χ0) is 17.4. The number of nitrogens with zero attached hydrogens (tertiary/aromatic N) is 2. The van der Waals surface area contributed by atoms with Crippen LogP contribution in [-0.4, -0.2) is 16.6 Å². The number of rotatable bonds is 2. The van der Waals surface area contributed by atoms with Crippen LogP contribution in [0, 0.1) is 0 Å². The van der Waals surface area contributed by atoms with E-state index in [0.717, 1.165) is 18.2 Å². The van der Waals surface area contributed by atoms with Gasteiger partial charge in [0.1, 0.15) is 18.2 Å². The maximum Gasteiger partial charge on any atom is 0.433 e. The van der Waals surface area contributed by atoms with E-state index in [9.17, 15) is 13.2 Å². The van der Waals surface area contributed by atoms with Gasteiger partial charge in [-0.15, -0.1) is 0 Å². The zero-order valence-electron chi connectivity index (χ0n) is 13.3. The number of ether oxygens (including phenoxy) is 1. The first-order valence-electron chi connectivity index (χ1n) is 7.89. The van der Waals surface area contributed by atoms with E-state index in [-0.39, 0.29) is 0 Å². The van der Waals surface area contributed by atoms with Gasteiger partial charge in [-0.05, 0) is 23.8 Å². The van der Waals surface area contributed by atoms with Crippen LogP contribution in [0.2, 0.25) is 0 Å². The van der Waals surface area contributed by atoms with Crippen molar-refractivity contribution in [3.05, 3.63) is 71.4 Å². The molecule has 0 fully saturated rings. The molecule has 0 unspecified atom stereocenters. The van der Waals surface area contributed by atoms with Crippen molar-refractivity contribution < 1.29 is 17.9 Å². The summed E-state index contributed by atoms with van der Waals surface area (Å²) >= 11 is 0. The highest BCUT2D eigenvalue weighted by Crippen LogP contribution is 2.35. The molecule has 1 aliphatic rings. The second-order valence-corrected chi connectivity index (χ2v) is 6.06. The van der Waals surface area contributed by atoms with Crippen molar-refractivity contribution in [1.82, 2.24) is 9.88 Å². The van der Waals surface area contributed by atoms with Crippen LogP contribution < -0.4 is 4.74 Å². The second-order valence-electron chi connectivity index (χ2n) is 6.06. The van der Waals surface area contributed by atoms with Crippen molar-refractivity contribution in [3.8, 4) is 5.75 Å². The average molecular weight is 344 g/mol. The minimum absolute atomic E-state index is 0.296. The molecule has 0 atom stereocenters. The van der Waals surface area contributed by atoms with E-state index in [1.807, 2.05) is 18.2 Å². The van der Waals surface area contributed by atoms with Crippen LogP contribution in [0.1, 0.15) is 16.8 Å². The standard InChI is InChI=1S/C19H15F3N2O/c20-19(21,22)17-9-7-15-16(23-17)8-6-14-11-24(12-25-18(14)15)10-13-4-2-1-3-5-13/h1-9H,10-12H2. The fraction of sp³-hybridized carbons (Fsp3) is 0.211. The van der Waals surface area contributed by atoms with Gasteiger partial charge in [0.25, 0.3) is 0 Å². The van der Waals surface area contributed by atoms with Crippen LogP contribution in [0.5, 0.6) is 5.75 Å². The van der Waals surface area contributed by atoms with Gasteiger partial charge in [0.05, 0.1) is 5.52 Å². The lowest BCUT2D eigenvalue weighted by atomic mass is 10.1. The molecular formula is C19H15F3N2O. The van der Waals surface area contributed by atoms with Crippen LogP contribution in [0.3, 0.4) is 0 Å². The molecule has 2 heterocycles. The molecule has 4 rings (SSSR count). The molecule has 0 N–H and O–H groups in total. The lowest BCUT2D eigenvalue weighted by Gasteiger charge is -2.29. The Morgan fingerprint density at radius 3 is 2.56 bits per heavy atom. The van der Waals surface area contributed by atoms with Gasteiger partial charge in [0, 0.05) is 24.0 Å². The highest BCUT2D eigenvalue weighted by Gasteiger charge is 2.33. The lowest BCUT2D eigenvalue weighted by molar-refractivity contribution is -0.140. The second kappa shape index (κ2) is 6.04. The molecule has 3 nitrogen and oxygen atoms in total. The Hall–Kier alpha value is -2.60. The number of hydrogen-bond acceptors (Lipinski definition) is 3. The van der Waals surface area contributed by atoms with Crippen LogP contribution >= 0.6 is 0 Å². The summed E-state index contributed by atoms with van der Waals surface area (Å²) in [6.45, 7) is 1.83. The zero-order valence-corrected chi connectivity index (χ0v) is 13.3. The van der Waals surface area contributed by atoms with Gasteiger partial charge in [-0.2, -0.15) is 13.2 Å². The normalized spacial score (nSPS) is 15.0. The third-order valence-electron chi connectivity index (χ3n) is 4.23. The molecule has 0 radical (unpaired) electrons. The Balaban J connectivity index is 1.62. The fourth-order valence-corrected chi connectivity index (χ4v) is 3.06. The average Bonchev–Trinajstić information content (AvgIpc) is 2.61. The number of benzene rings is 2. The molecule has 0 bridgehead atoms. The molecule has 2 aromatic carbocycles. The molecule has 6 heteroatoms. The van der Waals surface area contributed by atoms with Crippen LogP contribution in [0.25, 0.3) is 10.9 Å². The third kappa shape index (κ3) is 3.17. The summed E-state index contributed by atoms with van der Waals surface area (Å²) < 4.78 is 44.3. The third-order valence-corrected chi connectivity index (χ3v) is 4.23. The van der Waals surface area contributed by atoms with Crippen molar-refractivity contribution in [2.24, 2.45) is 0 Å². The van der Waals surface area contributed by atoms with Crippen molar-refractivity contribution in [1.29, 1.82) is 0 Å². The largest absolute Gasteiger partial charge is 0.477 e. The first-order chi connectivity index (χ1) is 12.0. The molecule has 25 heavy (non-hydrogen) atoms. The highest BCUT2D eigenvalue weighted by atomic mass is 19.4. The molecule has 0 saturated heterocycles. The monoisotopic (exact) mass is 344 g/mol. The molecule has 1 aliphatic heterocycles. The van der Waals surface area contributed by atoms with Crippen LogP contribution in [0.15, 0.2) is 54.6 Å². The first-order valence-corrected chi connectivity index (χ1v) is 7.89. The van der Waals surface area contributed by atoms with Crippen molar-refractivity contribution in [2.45, 2.75) is 19.3 Å². The summed E-state index contributed by atoms with van der Waals surface area (Å²) in [5.41, 5.74) is 1.55. The van der Waals surface area contributed by atoms with E-state index in [1.165, 1.54) is 11.6 Å². The molecule has 0 amide bonds. The Labute approximate surface area is 142 Å². The Kier molecular flexibility index (Phi) is 3.84. The SMILES string of the molecule is FC(F)(F)c1ccc2c3c(ccc2n1)CN(Cc1ccccc1)CO3. The lowest BCUT2D eigenvalue weighted by Crippen LogP contribution is -2.31. The minimum atomic E-state index is -4.45. The number of alkyl halides is 3. The number of hydrogen-bond donors (Lipinski definition) is 0. The summed E-state index contributed by atoms with van der Waals surface area (Å²) in [7, 11) is 0. The number of aromatic nitrogens is 1. The number of pyridine rings is 1.